The van der Waals surface area contributed by atoms with Crippen LogP contribution in [0.1, 0.15) is 93.5 Å². The smallest absolute Gasteiger partial charge is 0.227 e. The van der Waals surface area contributed by atoms with Gasteiger partial charge in [-0.1, -0.05) is 72.0 Å². The molecule has 7 N–H and O–H groups in total. The number of anilines is 9. The maximum atomic E-state index is 12.7. The molecule has 492 valence electrons. The first-order chi connectivity index (χ1) is 46.5. The van der Waals surface area contributed by atoms with E-state index in [-0.39, 0.29) is 6.67 Å². The largest absolute Gasteiger partial charge is 0.349 e. The zero-order valence-electron chi connectivity index (χ0n) is 54.3. The number of likely N-dealkylation sites (tertiary alicyclic amines) is 1. The maximum Gasteiger partial charge on any atom is 0.227 e. The van der Waals surface area contributed by atoms with Crippen molar-refractivity contribution in [2.45, 2.75) is 97.9 Å². The van der Waals surface area contributed by atoms with Gasteiger partial charge in [0.15, 0.2) is 0 Å². The van der Waals surface area contributed by atoms with Crippen LogP contribution in [0.3, 0.4) is 0 Å². The fraction of sp³-hybridized carbons (Fsp3) is 0.333. The zero-order valence-corrected chi connectivity index (χ0v) is 58.2. The summed E-state index contributed by atoms with van der Waals surface area (Å²) in [6.07, 6.45) is 15.8. The third kappa shape index (κ3) is 15.8. The van der Waals surface area contributed by atoms with Crippen LogP contribution in [-0.4, -0.2) is 123 Å². The summed E-state index contributed by atoms with van der Waals surface area (Å²) >= 11 is 28.9. The highest BCUT2D eigenvalue weighted by Crippen LogP contribution is 2.40. The number of hydrogen-bond donors (Lipinski definition) is 7. The van der Waals surface area contributed by atoms with E-state index in [4.69, 9.17) is 84.8 Å². The molecular formula is C72H75Cl2FN18S3. The van der Waals surface area contributed by atoms with Crippen molar-refractivity contribution < 1.29 is 4.39 Å². The summed E-state index contributed by atoms with van der Waals surface area (Å²) in [6.45, 7) is 14.4. The Kier molecular flexibility index (Phi) is 20.5. The van der Waals surface area contributed by atoms with Gasteiger partial charge in [0.1, 0.15) is 6.67 Å². The van der Waals surface area contributed by atoms with Gasteiger partial charge in [-0.3, -0.25) is 15.0 Å². The summed E-state index contributed by atoms with van der Waals surface area (Å²) in [5.41, 5.74) is 22.8. The van der Waals surface area contributed by atoms with Crippen LogP contribution in [-0.2, 0) is 38.6 Å². The SMILES string of the molecule is Cc1ccc2c(c1)NC(=S)Cc1cnc(Nc3cc4c(nc3C)CCN(C)C4)nc1-2.Cc1nc(CC2CCNCC2)ccc1Nc1ncc2c(n1)-c1ccc(Cl)cc1NC(=S)C2.Cc1ncc(C2CCN(CCF)CC2)cc1Nc1ncc2c(n1)-c1ccc(Cl)cc1NC(=S)C2. The van der Waals surface area contributed by atoms with Crippen molar-refractivity contribution in [3.05, 3.63) is 176 Å². The van der Waals surface area contributed by atoms with E-state index in [1.165, 1.54) is 35.2 Å². The third-order valence-corrected chi connectivity index (χ3v) is 19.5. The summed E-state index contributed by atoms with van der Waals surface area (Å²) in [6, 6.07) is 26.2. The molecule has 12 heterocycles. The van der Waals surface area contributed by atoms with E-state index >= 15 is 0 Å². The standard InChI is InChI=1S/C25H26ClFN6S.C24H25ClN6S.C23H24N6S/c1-15-21(10-17(13-28-15)16-4-7-33(8-5-16)9-6-27)31-25-29-14-18-11-23(34)30-22-12-19(26)2-3-20(22)24(18)32-25;1-14-20(5-3-18(28-14)10-15-6-8-26-9-7-15)30-24-27-13-16-11-22(32)29-21-12-17(25)2-4-19(21)23(16)31-24;1-13-4-5-17-20(8-13)26-21(30)10-15-11-24-23(28-22(15)17)27-19-9-16-12-29(3)7-6-18(16)25-14(19)2/h2-3,10,12-14,16H,4-9,11H2,1H3,(H,30,34)(H,29,31,32);2-5,12-13,15,26H,6-11H2,1H3,(H,29,32)(H,27,30,31);4-5,8-9,11H,6-7,10,12H2,1-3H3,(H,26,30)(H,24,27,28). The molecule has 96 heavy (non-hydrogen) atoms. The van der Waals surface area contributed by atoms with Crippen molar-refractivity contribution in [1.29, 1.82) is 0 Å². The lowest BCUT2D eigenvalue weighted by atomic mass is 9.90. The molecule has 0 radical (unpaired) electrons. The van der Waals surface area contributed by atoms with Crippen LogP contribution in [0.15, 0.2) is 104 Å². The first-order valence-corrected chi connectivity index (χ1v) is 34.6. The summed E-state index contributed by atoms with van der Waals surface area (Å²) in [5.74, 6) is 2.74. The van der Waals surface area contributed by atoms with Crippen molar-refractivity contribution in [3.63, 3.8) is 0 Å². The topological polar surface area (TPSA) is 207 Å². The van der Waals surface area contributed by atoms with Crippen LogP contribution < -0.4 is 37.2 Å². The summed E-state index contributed by atoms with van der Waals surface area (Å²) < 4.78 is 12.7. The normalized spacial score (nSPS) is 16.0. The van der Waals surface area contributed by atoms with Crippen molar-refractivity contribution in [1.82, 2.24) is 60.0 Å². The number of piperidine rings is 2. The molecule has 15 rings (SSSR count). The number of rotatable bonds is 11. The molecule has 6 aliphatic heterocycles. The molecule has 3 aromatic carbocycles. The zero-order chi connectivity index (χ0) is 66.6. The van der Waals surface area contributed by atoms with E-state index < -0.39 is 0 Å². The molecule has 0 atom stereocenters. The van der Waals surface area contributed by atoms with Crippen LogP contribution in [0.5, 0.6) is 0 Å². The minimum Gasteiger partial charge on any atom is -0.349 e. The Morgan fingerprint density at radius 1 is 0.542 bits per heavy atom. The van der Waals surface area contributed by atoms with E-state index in [1.54, 1.807) is 0 Å². The average Bonchev–Trinajstić information content (AvgIpc) is 1.59. The molecule has 0 bridgehead atoms. The average molecular weight is 1380 g/mol. The van der Waals surface area contributed by atoms with Crippen LogP contribution in [0.4, 0.5) is 56.4 Å². The van der Waals surface area contributed by atoms with Crippen LogP contribution >= 0.6 is 59.9 Å². The number of aromatic nitrogens is 9. The number of nitrogens with one attached hydrogen (secondary N) is 7. The number of benzene rings is 3. The number of hydrogen-bond acceptors (Lipinski definition) is 18. The summed E-state index contributed by atoms with van der Waals surface area (Å²) in [5, 5.41) is 24.7. The molecule has 0 amide bonds. The highest BCUT2D eigenvalue weighted by molar-refractivity contribution is 7.81. The van der Waals surface area contributed by atoms with Crippen molar-refractivity contribution in [2.75, 3.05) is 84.9 Å². The second-order valence-electron chi connectivity index (χ2n) is 25.4. The number of pyridine rings is 3. The molecule has 24 heteroatoms. The Hall–Kier alpha value is -8.19. The van der Waals surface area contributed by atoms with Crippen LogP contribution in [0.25, 0.3) is 33.8 Å². The first kappa shape index (κ1) is 66.4. The summed E-state index contributed by atoms with van der Waals surface area (Å²) in [4.78, 5) is 49.3. The number of likely N-dealkylation sites (N-methyl/N-ethyl adjacent to an activating group) is 1. The van der Waals surface area contributed by atoms with Gasteiger partial charge < -0.3 is 47.0 Å². The molecule has 0 unspecified atom stereocenters. The van der Waals surface area contributed by atoms with Crippen LogP contribution in [0.2, 0.25) is 10.0 Å². The second-order valence-corrected chi connectivity index (χ2v) is 27.8. The van der Waals surface area contributed by atoms with Crippen molar-refractivity contribution in [3.8, 4) is 33.8 Å². The third-order valence-electron chi connectivity index (χ3n) is 18.3. The number of fused-ring (bicyclic) bond motifs is 10. The molecule has 0 aliphatic carbocycles. The van der Waals surface area contributed by atoms with Gasteiger partial charge in [0.25, 0.3) is 0 Å². The molecule has 0 saturated carbocycles. The van der Waals surface area contributed by atoms with Gasteiger partial charge >= 0.3 is 0 Å². The van der Waals surface area contributed by atoms with Gasteiger partial charge in [0.05, 0.1) is 66.2 Å². The molecule has 2 fully saturated rings. The van der Waals surface area contributed by atoms with Crippen molar-refractivity contribution in [2.24, 2.45) is 5.92 Å². The lowest BCUT2D eigenvalue weighted by molar-refractivity contribution is 0.197. The Labute approximate surface area is 585 Å². The Morgan fingerprint density at radius 3 is 1.61 bits per heavy atom. The number of halogens is 3. The molecule has 6 aliphatic rings. The lowest BCUT2D eigenvalue weighted by Crippen LogP contribution is -2.34. The lowest BCUT2D eigenvalue weighted by Gasteiger charge is -2.31. The fourth-order valence-corrected chi connectivity index (χ4v) is 14.3. The minimum absolute atomic E-state index is 0.287. The minimum atomic E-state index is -0.287. The predicted octanol–water partition coefficient (Wildman–Crippen LogP) is 15.0. The van der Waals surface area contributed by atoms with E-state index in [2.05, 4.69) is 123 Å². The monoisotopic (exact) mass is 1380 g/mol. The van der Waals surface area contributed by atoms with E-state index in [0.717, 1.165) is 182 Å². The molecule has 18 nitrogen and oxygen atoms in total. The Bertz CT molecular complexity index is 4470. The van der Waals surface area contributed by atoms with Gasteiger partial charge in [-0.05, 0) is 188 Å². The quantitative estimate of drug-likeness (QED) is 0.0601. The van der Waals surface area contributed by atoms with Gasteiger partial charge in [-0.25, -0.2) is 34.3 Å². The predicted molar refractivity (Wildman–Crippen MR) is 397 cm³/mol. The number of alkyl halides is 1. The number of thiocarbonyl (C=S) groups is 3. The highest BCUT2D eigenvalue weighted by Gasteiger charge is 2.27. The molecule has 2 saturated heterocycles. The van der Waals surface area contributed by atoms with E-state index in [9.17, 15) is 4.39 Å². The highest BCUT2D eigenvalue weighted by atomic mass is 35.5. The van der Waals surface area contributed by atoms with Crippen LogP contribution in [0, 0.1) is 33.6 Å². The van der Waals surface area contributed by atoms with Gasteiger partial charge in [-0.2, -0.15) is 0 Å². The number of nitrogens with zero attached hydrogens (tertiary/aromatic N) is 11. The fourth-order valence-electron chi connectivity index (χ4n) is 13.2. The Balaban J connectivity index is 0.000000130. The molecule has 6 aromatic heterocycles. The van der Waals surface area contributed by atoms with Gasteiger partial charge in [0, 0.05) is 142 Å². The second kappa shape index (κ2) is 29.7. The summed E-state index contributed by atoms with van der Waals surface area (Å²) in [7, 11) is 2.14. The Morgan fingerprint density at radius 2 is 1.06 bits per heavy atom. The van der Waals surface area contributed by atoms with E-state index in [0.29, 0.717) is 70.5 Å². The van der Waals surface area contributed by atoms with Gasteiger partial charge in [0.2, 0.25) is 17.8 Å². The number of aryl methyl sites for hydroxylation is 4. The van der Waals surface area contributed by atoms with Crippen molar-refractivity contribution >= 4 is 127 Å². The van der Waals surface area contributed by atoms with E-state index in [1.807, 2.05) is 82.0 Å². The molecule has 9 aromatic rings. The molecular weight excluding hydrogens is 1300 g/mol. The molecule has 0 spiro atoms. The van der Waals surface area contributed by atoms with Gasteiger partial charge in [-0.15, -0.1) is 0 Å². The maximum absolute atomic E-state index is 12.7. The first-order valence-electron chi connectivity index (χ1n) is 32.6.